The summed E-state index contributed by atoms with van der Waals surface area (Å²) in [6.45, 7) is 2.95. The molecule has 4 rings (SSSR count). The van der Waals surface area contributed by atoms with Crippen molar-refractivity contribution in [2.24, 2.45) is 11.8 Å². The zero-order chi connectivity index (χ0) is 18.3. The topological polar surface area (TPSA) is 88.7 Å². The lowest BCUT2D eigenvalue weighted by Gasteiger charge is -2.37. The van der Waals surface area contributed by atoms with Crippen LogP contribution in [-0.4, -0.2) is 54.2 Å². The van der Waals surface area contributed by atoms with Crippen LogP contribution in [0.1, 0.15) is 18.0 Å². The number of carbonyl (C=O) groups is 1. The van der Waals surface area contributed by atoms with Crippen molar-refractivity contribution in [1.29, 1.82) is 0 Å². The third-order valence-electron chi connectivity index (χ3n) is 5.75. The van der Waals surface area contributed by atoms with Crippen molar-refractivity contribution in [3.63, 3.8) is 0 Å². The van der Waals surface area contributed by atoms with Gasteiger partial charge in [-0.15, -0.1) is 0 Å². The Balaban J connectivity index is 1.45. The van der Waals surface area contributed by atoms with E-state index in [9.17, 15) is 18.7 Å². The van der Waals surface area contributed by atoms with E-state index in [1.54, 1.807) is 6.07 Å². The van der Waals surface area contributed by atoms with E-state index in [1.165, 1.54) is 6.07 Å². The van der Waals surface area contributed by atoms with Gasteiger partial charge in [0.2, 0.25) is 0 Å². The van der Waals surface area contributed by atoms with Crippen molar-refractivity contribution in [2.75, 3.05) is 26.2 Å². The Hall–Kier alpha value is -1.65. The van der Waals surface area contributed by atoms with E-state index in [4.69, 9.17) is 0 Å². The number of carboxylic acids is 1. The minimum atomic E-state index is -0.848. The number of rotatable bonds is 4. The van der Waals surface area contributed by atoms with Crippen LogP contribution in [0.3, 0.4) is 0 Å². The van der Waals surface area contributed by atoms with Crippen LogP contribution < -0.4 is 21.7 Å². The maximum atomic E-state index is 13.6. The maximum absolute atomic E-state index is 13.6. The Labute approximate surface area is 150 Å². The number of piperidine rings is 1. The molecule has 5 unspecified atom stereocenters. The van der Waals surface area contributed by atoms with E-state index >= 15 is 0 Å². The number of hydrogen-bond acceptors (Lipinski definition) is 6. The lowest BCUT2D eigenvalue weighted by Crippen LogP contribution is -2.49. The number of likely N-dealkylation sites (tertiary alicyclic amines) is 1. The molecular formula is C17H23F2N5O2. The molecule has 142 valence electrons. The SMILES string of the molecule is O=C(O)C1NNCC1CN1CCC2NNC(c3ccc(F)c(F)c3)C2C1. The van der Waals surface area contributed by atoms with Crippen LogP contribution in [0.4, 0.5) is 8.78 Å². The highest BCUT2D eigenvalue weighted by Crippen LogP contribution is 2.34. The lowest BCUT2D eigenvalue weighted by atomic mass is 9.84. The Morgan fingerprint density at radius 1 is 1.23 bits per heavy atom. The Kier molecular flexibility index (Phi) is 4.89. The molecule has 0 saturated carbocycles. The van der Waals surface area contributed by atoms with Crippen molar-refractivity contribution in [3.05, 3.63) is 35.4 Å². The predicted molar refractivity (Wildman–Crippen MR) is 89.8 cm³/mol. The maximum Gasteiger partial charge on any atom is 0.322 e. The highest BCUT2D eigenvalue weighted by Gasteiger charge is 2.42. The monoisotopic (exact) mass is 367 g/mol. The smallest absolute Gasteiger partial charge is 0.322 e. The molecule has 0 aliphatic carbocycles. The van der Waals surface area contributed by atoms with Gasteiger partial charge in [-0.05, 0) is 30.7 Å². The zero-order valence-electron chi connectivity index (χ0n) is 14.2. The molecule has 7 nitrogen and oxygen atoms in total. The number of hydrazine groups is 2. The Morgan fingerprint density at radius 2 is 2.08 bits per heavy atom. The minimum Gasteiger partial charge on any atom is -0.480 e. The quantitative estimate of drug-likeness (QED) is 0.511. The average molecular weight is 367 g/mol. The van der Waals surface area contributed by atoms with Crippen molar-refractivity contribution in [3.8, 4) is 0 Å². The van der Waals surface area contributed by atoms with Crippen LogP contribution in [0.2, 0.25) is 0 Å². The molecule has 5 atom stereocenters. The minimum absolute atomic E-state index is 0.00640. The summed E-state index contributed by atoms with van der Waals surface area (Å²) in [7, 11) is 0. The number of halogens is 2. The Morgan fingerprint density at radius 3 is 2.85 bits per heavy atom. The first-order valence-electron chi connectivity index (χ1n) is 8.92. The summed E-state index contributed by atoms with van der Waals surface area (Å²) in [6, 6.07) is 3.60. The van der Waals surface area contributed by atoms with Gasteiger partial charge in [0.25, 0.3) is 0 Å². The van der Waals surface area contributed by atoms with Gasteiger partial charge in [0.15, 0.2) is 11.6 Å². The molecule has 26 heavy (non-hydrogen) atoms. The number of benzene rings is 1. The summed E-state index contributed by atoms with van der Waals surface area (Å²) in [5.41, 5.74) is 12.9. The standard InChI is InChI=1S/C17H23F2N5O2/c18-12-2-1-9(5-13(12)19)15-11-8-24(4-3-14(11)21-23-15)7-10-6-20-22-16(10)17(25)26/h1-2,5,10-11,14-16,20-23H,3-4,6-8H2,(H,25,26). The van der Waals surface area contributed by atoms with Gasteiger partial charge in [-0.25, -0.2) is 19.6 Å². The molecule has 3 heterocycles. The number of aliphatic carboxylic acids is 1. The molecule has 3 saturated heterocycles. The van der Waals surface area contributed by atoms with Crippen molar-refractivity contribution < 1.29 is 18.7 Å². The third kappa shape index (κ3) is 3.33. The van der Waals surface area contributed by atoms with Crippen molar-refractivity contribution >= 4 is 5.97 Å². The molecular weight excluding hydrogens is 344 g/mol. The highest BCUT2D eigenvalue weighted by molar-refractivity contribution is 5.74. The molecule has 3 fully saturated rings. The predicted octanol–water partition coefficient (Wildman–Crippen LogP) is -0.0186. The lowest BCUT2D eigenvalue weighted by molar-refractivity contribution is -0.140. The molecule has 1 aromatic rings. The molecule has 1 aromatic carbocycles. The molecule has 0 spiro atoms. The van der Waals surface area contributed by atoms with Gasteiger partial charge in [-0.2, -0.15) is 0 Å². The van der Waals surface area contributed by atoms with Crippen LogP contribution in [0, 0.1) is 23.5 Å². The summed E-state index contributed by atoms with van der Waals surface area (Å²) < 4.78 is 26.9. The van der Waals surface area contributed by atoms with Gasteiger partial charge in [-0.1, -0.05) is 6.07 Å². The highest BCUT2D eigenvalue weighted by atomic mass is 19.2. The molecule has 5 N–H and O–H groups in total. The molecule has 0 amide bonds. The van der Waals surface area contributed by atoms with Crippen LogP contribution in [0.25, 0.3) is 0 Å². The number of nitrogens with one attached hydrogen (secondary N) is 4. The van der Waals surface area contributed by atoms with Crippen LogP contribution in [0.5, 0.6) is 0 Å². The largest absolute Gasteiger partial charge is 0.480 e. The normalized spacial score (nSPS) is 34.8. The van der Waals surface area contributed by atoms with E-state index in [-0.39, 0.29) is 23.9 Å². The molecule has 3 aliphatic rings. The first kappa shape index (κ1) is 17.7. The molecule has 0 aromatic heterocycles. The summed E-state index contributed by atoms with van der Waals surface area (Å²) in [5.74, 6) is -2.33. The van der Waals surface area contributed by atoms with E-state index in [0.29, 0.717) is 13.1 Å². The number of nitrogens with zero attached hydrogens (tertiary/aromatic N) is 1. The van der Waals surface area contributed by atoms with Crippen molar-refractivity contribution in [1.82, 2.24) is 26.6 Å². The average Bonchev–Trinajstić information content (AvgIpc) is 3.24. The second-order valence-electron chi connectivity index (χ2n) is 7.36. The van der Waals surface area contributed by atoms with E-state index < -0.39 is 23.6 Å². The fourth-order valence-corrected chi connectivity index (χ4v) is 4.38. The second kappa shape index (κ2) is 7.16. The second-order valence-corrected chi connectivity index (χ2v) is 7.36. The van der Waals surface area contributed by atoms with Crippen molar-refractivity contribution in [2.45, 2.75) is 24.5 Å². The van der Waals surface area contributed by atoms with Gasteiger partial charge in [0, 0.05) is 37.5 Å². The van der Waals surface area contributed by atoms with Gasteiger partial charge in [0.1, 0.15) is 6.04 Å². The van der Waals surface area contributed by atoms with E-state index in [0.717, 1.165) is 31.1 Å². The summed E-state index contributed by atoms with van der Waals surface area (Å²) in [4.78, 5) is 13.6. The Bertz CT molecular complexity index is 691. The third-order valence-corrected chi connectivity index (χ3v) is 5.75. The van der Waals surface area contributed by atoms with Gasteiger partial charge >= 0.3 is 5.97 Å². The van der Waals surface area contributed by atoms with Crippen LogP contribution in [0.15, 0.2) is 18.2 Å². The van der Waals surface area contributed by atoms with Gasteiger partial charge < -0.3 is 10.0 Å². The summed E-state index contributed by atoms with van der Waals surface area (Å²) in [6.07, 6.45) is 0.920. The van der Waals surface area contributed by atoms with Crippen LogP contribution in [-0.2, 0) is 4.79 Å². The fourth-order valence-electron chi connectivity index (χ4n) is 4.38. The fraction of sp³-hybridized carbons (Fsp3) is 0.588. The molecule has 9 heteroatoms. The number of fused-ring (bicyclic) bond motifs is 1. The van der Waals surface area contributed by atoms with Gasteiger partial charge in [0.05, 0.1) is 6.04 Å². The number of hydrogen-bond donors (Lipinski definition) is 5. The zero-order valence-corrected chi connectivity index (χ0v) is 14.2. The molecule has 0 radical (unpaired) electrons. The number of carboxylic acid groups (broad SMARTS) is 1. The van der Waals surface area contributed by atoms with E-state index in [1.807, 2.05) is 0 Å². The first-order chi connectivity index (χ1) is 12.5. The van der Waals surface area contributed by atoms with Gasteiger partial charge in [-0.3, -0.25) is 15.6 Å². The summed E-state index contributed by atoms with van der Waals surface area (Å²) >= 11 is 0. The molecule has 0 bridgehead atoms. The van der Waals surface area contributed by atoms with E-state index in [2.05, 4.69) is 26.6 Å². The van der Waals surface area contributed by atoms with Crippen LogP contribution >= 0.6 is 0 Å². The molecule has 3 aliphatic heterocycles. The first-order valence-corrected chi connectivity index (χ1v) is 8.92. The summed E-state index contributed by atoms with van der Waals surface area (Å²) in [5, 5.41) is 9.30.